The van der Waals surface area contributed by atoms with Crippen molar-refractivity contribution in [3.05, 3.63) is 246 Å². The maximum Gasteiger partial charge on any atom is 0.0438 e. The highest BCUT2D eigenvalue weighted by Gasteiger charge is 2.42. The van der Waals surface area contributed by atoms with Gasteiger partial charge in [0.25, 0.3) is 0 Å². The number of benzene rings is 3. The Morgan fingerprint density at radius 2 is 1.54 bits per heavy atom. The molecule has 5 rings (SSSR count). The van der Waals surface area contributed by atoms with Crippen molar-refractivity contribution in [1.82, 2.24) is 4.98 Å². The Kier molecular flexibility index (Phi) is 12.7. The molecular formula is C51H49N. The van der Waals surface area contributed by atoms with Crippen LogP contribution in [0.5, 0.6) is 0 Å². The topological polar surface area (TPSA) is 12.9 Å². The van der Waals surface area contributed by atoms with Crippen molar-refractivity contribution < 1.29 is 0 Å². The average Bonchev–Trinajstić information content (AvgIpc) is 3.40. The first kappa shape index (κ1) is 37.2. The first-order valence-electron chi connectivity index (χ1n) is 17.9. The molecule has 1 aliphatic carbocycles. The molecule has 0 saturated heterocycles. The molecule has 1 aromatic heterocycles. The molecule has 4 aromatic rings. The fraction of sp³-hybridized carbons (Fsp3) is 0.118. The molecule has 1 unspecified atom stereocenters. The molecule has 1 atom stereocenters. The van der Waals surface area contributed by atoms with Crippen LogP contribution in [0.2, 0.25) is 0 Å². The fourth-order valence-electron chi connectivity index (χ4n) is 7.08. The van der Waals surface area contributed by atoms with E-state index >= 15 is 0 Å². The molecule has 0 aliphatic heterocycles. The zero-order valence-electron chi connectivity index (χ0n) is 31.0. The van der Waals surface area contributed by atoms with E-state index in [9.17, 15) is 0 Å². The molecule has 0 N–H and O–H groups in total. The van der Waals surface area contributed by atoms with Gasteiger partial charge < -0.3 is 0 Å². The van der Waals surface area contributed by atoms with Crippen LogP contribution >= 0.6 is 0 Å². The molecular weight excluding hydrogens is 627 g/mol. The smallest absolute Gasteiger partial charge is 0.0438 e. The highest BCUT2D eigenvalue weighted by molar-refractivity contribution is 5.90. The summed E-state index contributed by atoms with van der Waals surface area (Å²) in [4.78, 5) is 4.37. The standard InChI is InChI=1S/C51H49N/c1-8-12-23-41(21-11-4)38(5)35-47(43(24-13-9-2)31-30-40-22-20-34-52-37-40)44-32-33-45-39(6)48(28-14-10-3)51(7,50(45)36-44)49-29-19-18-27-46(49)42-25-16-15-17-26-42/h8-29,31-37H,2-3,5,30H2,1,4,6-7H3/b12-8+,21-11-,24-13-,28-14-,41-23+,43-31+,47-35-. The SMILES string of the molecule is C=C/C=C\C1=C(C)c2ccc(C(=C\C(=C)C(/C=C\C)=C/C=C/C)/C(/C=C\C=C)=C/Cc3cccnc3)cc2C1(C)c1ccccc1-c1ccccc1. The van der Waals surface area contributed by atoms with Crippen molar-refractivity contribution in [2.75, 3.05) is 0 Å². The van der Waals surface area contributed by atoms with Crippen LogP contribution in [0.3, 0.4) is 0 Å². The normalized spacial score (nSPS) is 16.8. The monoisotopic (exact) mass is 675 g/mol. The van der Waals surface area contributed by atoms with E-state index < -0.39 is 5.41 Å². The number of aromatic nitrogens is 1. The lowest BCUT2D eigenvalue weighted by atomic mass is 9.70. The molecule has 258 valence electrons. The van der Waals surface area contributed by atoms with Crippen LogP contribution in [-0.2, 0) is 11.8 Å². The maximum atomic E-state index is 4.59. The summed E-state index contributed by atoms with van der Waals surface area (Å²) in [7, 11) is 0. The summed E-state index contributed by atoms with van der Waals surface area (Å²) in [5.74, 6) is 0. The van der Waals surface area contributed by atoms with Gasteiger partial charge in [-0.05, 0) is 125 Å². The summed E-state index contributed by atoms with van der Waals surface area (Å²) >= 11 is 0. The van der Waals surface area contributed by atoms with Gasteiger partial charge in [-0.3, -0.25) is 4.98 Å². The Morgan fingerprint density at radius 3 is 2.25 bits per heavy atom. The van der Waals surface area contributed by atoms with Gasteiger partial charge in [-0.1, -0.05) is 165 Å². The molecule has 52 heavy (non-hydrogen) atoms. The molecule has 1 nitrogen and oxygen atoms in total. The van der Waals surface area contributed by atoms with Crippen molar-refractivity contribution in [3.63, 3.8) is 0 Å². The number of hydrogen-bond donors (Lipinski definition) is 0. The second-order valence-corrected chi connectivity index (χ2v) is 13.0. The first-order chi connectivity index (χ1) is 25.4. The van der Waals surface area contributed by atoms with Crippen LogP contribution in [-0.4, -0.2) is 4.98 Å². The molecule has 0 amide bonds. The van der Waals surface area contributed by atoms with Crippen LogP contribution in [0, 0.1) is 0 Å². The third-order valence-electron chi connectivity index (χ3n) is 9.67. The van der Waals surface area contributed by atoms with Gasteiger partial charge in [0.2, 0.25) is 0 Å². The fourth-order valence-corrected chi connectivity index (χ4v) is 7.08. The van der Waals surface area contributed by atoms with E-state index in [1.807, 2.05) is 56.6 Å². The van der Waals surface area contributed by atoms with Crippen molar-refractivity contribution in [3.8, 4) is 11.1 Å². The summed E-state index contributed by atoms with van der Waals surface area (Å²) in [6.07, 6.45) is 31.5. The van der Waals surface area contributed by atoms with Crippen LogP contribution < -0.4 is 0 Å². The Bertz CT molecular complexity index is 2170. The van der Waals surface area contributed by atoms with Crippen LogP contribution in [0.4, 0.5) is 0 Å². The molecule has 0 bridgehead atoms. The molecule has 1 heterocycles. The van der Waals surface area contributed by atoms with E-state index in [0.29, 0.717) is 0 Å². The second kappa shape index (κ2) is 17.7. The Balaban J connectivity index is 1.79. The summed E-state index contributed by atoms with van der Waals surface area (Å²) in [6.45, 7) is 21.3. The van der Waals surface area contributed by atoms with Gasteiger partial charge in [0.1, 0.15) is 0 Å². The lowest BCUT2D eigenvalue weighted by Crippen LogP contribution is -2.24. The number of hydrogen-bond acceptors (Lipinski definition) is 1. The largest absolute Gasteiger partial charge is 0.264 e. The van der Waals surface area contributed by atoms with E-state index in [1.165, 1.54) is 39.0 Å². The van der Waals surface area contributed by atoms with E-state index in [4.69, 9.17) is 0 Å². The van der Waals surface area contributed by atoms with Gasteiger partial charge in [-0.2, -0.15) is 0 Å². The van der Waals surface area contributed by atoms with Crippen molar-refractivity contribution in [1.29, 1.82) is 0 Å². The Morgan fingerprint density at radius 1 is 0.769 bits per heavy atom. The number of nitrogens with zero attached hydrogens (tertiary/aromatic N) is 1. The Labute approximate surface area is 311 Å². The van der Waals surface area contributed by atoms with Crippen LogP contribution in [0.15, 0.2) is 218 Å². The molecule has 1 aliphatic rings. The lowest BCUT2D eigenvalue weighted by molar-refractivity contribution is 0.708. The minimum absolute atomic E-state index is 0.442. The summed E-state index contributed by atoms with van der Waals surface area (Å²) < 4.78 is 0. The molecule has 3 aromatic carbocycles. The quantitative estimate of drug-likeness (QED) is 0.121. The van der Waals surface area contributed by atoms with Gasteiger partial charge in [0.15, 0.2) is 0 Å². The van der Waals surface area contributed by atoms with Crippen molar-refractivity contribution >= 4 is 11.1 Å². The van der Waals surface area contributed by atoms with Gasteiger partial charge in [-0.25, -0.2) is 0 Å². The van der Waals surface area contributed by atoms with E-state index in [1.54, 1.807) is 0 Å². The van der Waals surface area contributed by atoms with Gasteiger partial charge >= 0.3 is 0 Å². The van der Waals surface area contributed by atoms with Crippen molar-refractivity contribution in [2.24, 2.45) is 0 Å². The van der Waals surface area contributed by atoms with Crippen LogP contribution in [0.25, 0.3) is 22.3 Å². The third kappa shape index (κ3) is 8.12. The molecule has 0 radical (unpaired) electrons. The van der Waals surface area contributed by atoms with Gasteiger partial charge in [0, 0.05) is 17.8 Å². The van der Waals surface area contributed by atoms with Crippen molar-refractivity contribution in [2.45, 2.75) is 39.5 Å². The van der Waals surface area contributed by atoms with E-state index in [2.05, 4.69) is 172 Å². The highest BCUT2D eigenvalue weighted by Crippen LogP contribution is 2.53. The molecule has 0 spiro atoms. The lowest BCUT2D eigenvalue weighted by Gasteiger charge is -2.32. The maximum absolute atomic E-state index is 4.59. The average molecular weight is 676 g/mol. The molecule has 0 saturated carbocycles. The molecule has 1 heteroatoms. The van der Waals surface area contributed by atoms with E-state index in [-0.39, 0.29) is 0 Å². The van der Waals surface area contributed by atoms with Gasteiger partial charge in [-0.15, -0.1) is 0 Å². The second-order valence-electron chi connectivity index (χ2n) is 13.0. The minimum atomic E-state index is -0.442. The Hall–Kier alpha value is -6.05. The predicted molar refractivity (Wildman–Crippen MR) is 227 cm³/mol. The zero-order chi connectivity index (χ0) is 36.9. The number of pyridine rings is 1. The summed E-state index contributed by atoms with van der Waals surface area (Å²) in [6, 6.07) is 30.6. The highest BCUT2D eigenvalue weighted by atomic mass is 14.6. The van der Waals surface area contributed by atoms with Gasteiger partial charge in [0.05, 0.1) is 0 Å². The molecule has 0 fully saturated rings. The number of fused-ring (bicyclic) bond motifs is 1. The minimum Gasteiger partial charge on any atom is -0.264 e. The number of allylic oxidation sites excluding steroid dienone is 19. The van der Waals surface area contributed by atoms with E-state index in [0.717, 1.165) is 39.8 Å². The predicted octanol–water partition coefficient (Wildman–Crippen LogP) is 13.5. The third-order valence-corrected chi connectivity index (χ3v) is 9.67. The first-order valence-corrected chi connectivity index (χ1v) is 17.9. The summed E-state index contributed by atoms with van der Waals surface area (Å²) in [5, 5.41) is 0. The number of rotatable bonds is 14. The zero-order valence-corrected chi connectivity index (χ0v) is 31.0. The summed E-state index contributed by atoms with van der Waals surface area (Å²) in [5.41, 5.74) is 14.7. The van der Waals surface area contributed by atoms with Crippen LogP contribution in [0.1, 0.15) is 55.5 Å².